The molecular weight excluding hydrogens is 232 g/mol. The zero-order valence-electron chi connectivity index (χ0n) is 10.3. The molecule has 0 fully saturated rings. The molecule has 18 heavy (non-hydrogen) atoms. The monoisotopic (exact) mass is 248 g/mol. The van der Waals surface area contributed by atoms with Crippen LogP contribution in [0.5, 0.6) is 0 Å². The smallest absolute Gasteiger partial charge is 0.303 e. The van der Waals surface area contributed by atoms with Crippen LogP contribution in [0.2, 0.25) is 0 Å². The highest BCUT2D eigenvalue weighted by Gasteiger charge is 2.16. The molecule has 1 aliphatic rings. The van der Waals surface area contributed by atoms with E-state index < -0.39 is 5.97 Å². The molecule has 0 saturated carbocycles. The Balaban J connectivity index is 2.00. The second kappa shape index (κ2) is 5.08. The maximum Gasteiger partial charge on any atom is 0.303 e. The Bertz CT molecular complexity index is 485. The first-order valence-corrected chi connectivity index (χ1v) is 5.92. The standard InChI is InChI=1S/C13H16N2O3/c1-15-7-6-9-2-3-10(8-11(9)15)14-12(16)4-5-13(17)18/h2-3,8H,4-7H2,1H3,(H,14,16)(H,17,18). The minimum atomic E-state index is -0.959. The van der Waals surface area contributed by atoms with E-state index in [1.54, 1.807) is 0 Å². The van der Waals surface area contributed by atoms with Gasteiger partial charge in [0.05, 0.1) is 6.42 Å². The molecule has 5 heteroatoms. The molecule has 0 aromatic heterocycles. The van der Waals surface area contributed by atoms with E-state index in [1.807, 2.05) is 25.2 Å². The number of likely N-dealkylation sites (N-methyl/N-ethyl adjacent to an activating group) is 1. The molecule has 0 atom stereocenters. The zero-order chi connectivity index (χ0) is 13.1. The molecule has 0 unspecified atom stereocenters. The number of rotatable bonds is 4. The van der Waals surface area contributed by atoms with Crippen LogP contribution in [0.3, 0.4) is 0 Å². The Morgan fingerprint density at radius 1 is 1.39 bits per heavy atom. The highest BCUT2D eigenvalue weighted by Crippen LogP contribution is 2.29. The van der Waals surface area contributed by atoms with E-state index in [1.165, 1.54) is 5.56 Å². The maximum atomic E-state index is 11.5. The van der Waals surface area contributed by atoms with E-state index in [0.29, 0.717) is 0 Å². The summed E-state index contributed by atoms with van der Waals surface area (Å²) < 4.78 is 0. The third kappa shape index (κ3) is 2.80. The second-order valence-corrected chi connectivity index (χ2v) is 4.46. The first-order valence-electron chi connectivity index (χ1n) is 5.92. The lowest BCUT2D eigenvalue weighted by Crippen LogP contribution is -2.14. The third-order valence-electron chi connectivity index (χ3n) is 3.06. The Morgan fingerprint density at radius 2 is 2.17 bits per heavy atom. The molecule has 1 aromatic carbocycles. The summed E-state index contributed by atoms with van der Waals surface area (Å²) in [5.41, 5.74) is 3.13. The average Bonchev–Trinajstić information content (AvgIpc) is 2.69. The molecule has 1 aliphatic heterocycles. The summed E-state index contributed by atoms with van der Waals surface area (Å²) in [4.78, 5) is 24.0. The van der Waals surface area contributed by atoms with Gasteiger partial charge in [0, 0.05) is 31.4 Å². The van der Waals surface area contributed by atoms with Crippen LogP contribution < -0.4 is 10.2 Å². The molecule has 5 nitrogen and oxygen atoms in total. The van der Waals surface area contributed by atoms with Crippen LogP contribution in [0.25, 0.3) is 0 Å². The highest BCUT2D eigenvalue weighted by molar-refractivity contribution is 5.93. The van der Waals surface area contributed by atoms with Gasteiger partial charge in [0.15, 0.2) is 0 Å². The fraction of sp³-hybridized carbons (Fsp3) is 0.385. The van der Waals surface area contributed by atoms with Gasteiger partial charge >= 0.3 is 5.97 Å². The van der Waals surface area contributed by atoms with E-state index >= 15 is 0 Å². The number of anilines is 2. The van der Waals surface area contributed by atoms with E-state index in [2.05, 4.69) is 10.2 Å². The van der Waals surface area contributed by atoms with E-state index in [-0.39, 0.29) is 18.7 Å². The van der Waals surface area contributed by atoms with Crippen LogP contribution in [0.4, 0.5) is 11.4 Å². The van der Waals surface area contributed by atoms with Crippen LogP contribution in [0, 0.1) is 0 Å². The number of benzene rings is 1. The Morgan fingerprint density at radius 3 is 2.89 bits per heavy atom. The SMILES string of the molecule is CN1CCc2ccc(NC(=O)CCC(=O)O)cc21. The lowest BCUT2D eigenvalue weighted by Gasteiger charge is -2.13. The van der Waals surface area contributed by atoms with Crippen molar-refractivity contribution in [3.63, 3.8) is 0 Å². The molecular formula is C13H16N2O3. The molecule has 0 saturated heterocycles. The number of aliphatic carboxylic acids is 1. The summed E-state index contributed by atoms with van der Waals surface area (Å²) in [7, 11) is 2.02. The number of nitrogens with one attached hydrogen (secondary N) is 1. The molecule has 0 spiro atoms. The Hall–Kier alpha value is -2.04. The molecule has 96 valence electrons. The van der Waals surface area contributed by atoms with Crippen LogP contribution in [0.1, 0.15) is 18.4 Å². The van der Waals surface area contributed by atoms with Crippen molar-refractivity contribution < 1.29 is 14.7 Å². The Labute approximate surface area is 105 Å². The number of fused-ring (bicyclic) bond motifs is 1. The summed E-state index contributed by atoms with van der Waals surface area (Å²) in [5, 5.41) is 11.2. The van der Waals surface area contributed by atoms with E-state index in [4.69, 9.17) is 5.11 Å². The fourth-order valence-electron chi connectivity index (χ4n) is 2.06. The van der Waals surface area contributed by atoms with Gasteiger partial charge in [-0.15, -0.1) is 0 Å². The van der Waals surface area contributed by atoms with Gasteiger partial charge in [-0.1, -0.05) is 6.07 Å². The molecule has 1 amide bonds. The number of carbonyl (C=O) groups excluding carboxylic acids is 1. The fourth-order valence-corrected chi connectivity index (χ4v) is 2.06. The maximum absolute atomic E-state index is 11.5. The first-order chi connectivity index (χ1) is 8.56. The lowest BCUT2D eigenvalue weighted by molar-refractivity contribution is -0.138. The minimum absolute atomic E-state index is 0.00224. The van der Waals surface area contributed by atoms with Gasteiger partial charge in [0.25, 0.3) is 0 Å². The van der Waals surface area contributed by atoms with Crippen LogP contribution in [-0.2, 0) is 16.0 Å². The van der Waals surface area contributed by atoms with Crippen molar-refractivity contribution >= 4 is 23.3 Å². The average molecular weight is 248 g/mol. The molecule has 2 N–H and O–H groups in total. The number of amides is 1. The number of hydrogen-bond donors (Lipinski definition) is 2. The van der Waals surface area contributed by atoms with Gasteiger partial charge < -0.3 is 15.3 Å². The number of hydrogen-bond acceptors (Lipinski definition) is 3. The lowest BCUT2D eigenvalue weighted by atomic mass is 10.1. The van der Waals surface area contributed by atoms with Gasteiger partial charge in [-0.05, 0) is 24.1 Å². The predicted molar refractivity (Wildman–Crippen MR) is 68.9 cm³/mol. The minimum Gasteiger partial charge on any atom is -0.481 e. The van der Waals surface area contributed by atoms with Crippen molar-refractivity contribution in [2.75, 3.05) is 23.8 Å². The van der Waals surface area contributed by atoms with Gasteiger partial charge in [-0.3, -0.25) is 9.59 Å². The van der Waals surface area contributed by atoms with Crippen LogP contribution in [0.15, 0.2) is 18.2 Å². The van der Waals surface area contributed by atoms with Gasteiger partial charge in [0.2, 0.25) is 5.91 Å². The summed E-state index contributed by atoms with van der Waals surface area (Å²) in [6.07, 6.45) is 0.887. The summed E-state index contributed by atoms with van der Waals surface area (Å²) in [6.45, 7) is 0.992. The molecule has 1 aromatic rings. The molecule has 0 bridgehead atoms. The van der Waals surface area contributed by atoms with Crippen molar-refractivity contribution in [2.45, 2.75) is 19.3 Å². The van der Waals surface area contributed by atoms with Crippen molar-refractivity contribution in [3.05, 3.63) is 23.8 Å². The van der Waals surface area contributed by atoms with Crippen molar-refractivity contribution in [3.8, 4) is 0 Å². The zero-order valence-corrected chi connectivity index (χ0v) is 10.3. The molecule has 0 radical (unpaired) electrons. The Kier molecular flexibility index (Phi) is 3.50. The van der Waals surface area contributed by atoms with Crippen molar-refractivity contribution in [2.24, 2.45) is 0 Å². The normalized spacial score (nSPS) is 13.3. The van der Waals surface area contributed by atoms with E-state index in [9.17, 15) is 9.59 Å². The van der Waals surface area contributed by atoms with E-state index in [0.717, 1.165) is 24.3 Å². The molecule has 1 heterocycles. The van der Waals surface area contributed by atoms with Gasteiger partial charge in [-0.25, -0.2) is 0 Å². The highest BCUT2D eigenvalue weighted by atomic mass is 16.4. The number of nitrogens with zero attached hydrogens (tertiary/aromatic N) is 1. The first kappa shape index (κ1) is 12.4. The van der Waals surface area contributed by atoms with Crippen molar-refractivity contribution in [1.29, 1.82) is 0 Å². The summed E-state index contributed by atoms with van der Waals surface area (Å²) in [5.74, 6) is -1.23. The topological polar surface area (TPSA) is 69.6 Å². The largest absolute Gasteiger partial charge is 0.481 e. The molecule has 0 aliphatic carbocycles. The summed E-state index contributed by atoms with van der Waals surface area (Å²) >= 11 is 0. The van der Waals surface area contributed by atoms with Crippen LogP contribution >= 0.6 is 0 Å². The predicted octanol–water partition coefficient (Wildman–Crippen LogP) is 1.48. The second-order valence-electron chi connectivity index (χ2n) is 4.46. The van der Waals surface area contributed by atoms with Crippen molar-refractivity contribution in [1.82, 2.24) is 0 Å². The number of carbonyl (C=O) groups is 2. The molecule has 2 rings (SSSR count). The van der Waals surface area contributed by atoms with Crippen LogP contribution in [-0.4, -0.2) is 30.6 Å². The van der Waals surface area contributed by atoms with Gasteiger partial charge in [0.1, 0.15) is 0 Å². The number of carboxylic acids is 1. The number of carboxylic acid groups (broad SMARTS) is 1. The third-order valence-corrected chi connectivity index (χ3v) is 3.06. The van der Waals surface area contributed by atoms with Gasteiger partial charge in [-0.2, -0.15) is 0 Å². The summed E-state index contributed by atoms with van der Waals surface area (Å²) in [6, 6.07) is 5.79. The quantitative estimate of drug-likeness (QED) is 0.846.